The second-order valence-corrected chi connectivity index (χ2v) is 7.48. The number of likely N-dealkylation sites (tertiary alicyclic amines) is 2. The lowest BCUT2D eigenvalue weighted by Crippen LogP contribution is -2.36. The molecule has 2 aliphatic rings. The molecule has 0 radical (unpaired) electrons. The molecule has 176 valence electrons. The fourth-order valence-electron chi connectivity index (χ4n) is 3.26. The van der Waals surface area contributed by atoms with Crippen molar-refractivity contribution in [2.75, 3.05) is 19.6 Å². The summed E-state index contributed by atoms with van der Waals surface area (Å²) in [6, 6.07) is 1.51. The first kappa shape index (κ1) is 26.8. The van der Waals surface area contributed by atoms with Crippen LogP contribution in [0.15, 0.2) is 24.2 Å². The molecule has 3 heterocycles. The van der Waals surface area contributed by atoms with Gasteiger partial charge in [0.1, 0.15) is 5.01 Å². The summed E-state index contributed by atoms with van der Waals surface area (Å²) in [7, 11) is 0. The molecular formula is C17H21F6N3O4S. The van der Waals surface area contributed by atoms with Crippen molar-refractivity contribution in [2.45, 2.75) is 43.8 Å². The summed E-state index contributed by atoms with van der Waals surface area (Å²) in [6.45, 7) is 8.40. The van der Waals surface area contributed by atoms with Gasteiger partial charge < -0.3 is 10.2 Å². The number of aliphatic carboxylic acids is 2. The largest absolute Gasteiger partial charge is 0.490 e. The number of thiazole rings is 1. The van der Waals surface area contributed by atoms with Crippen LogP contribution < -0.4 is 0 Å². The van der Waals surface area contributed by atoms with Crippen molar-refractivity contribution in [2.24, 2.45) is 0 Å². The number of hydrogen-bond donors (Lipinski definition) is 2. The third kappa shape index (κ3) is 8.83. The number of hydrogen-bond acceptors (Lipinski definition) is 6. The van der Waals surface area contributed by atoms with E-state index in [9.17, 15) is 26.3 Å². The molecule has 0 bridgehead atoms. The highest BCUT2D eigenvalue weighted by atomic mass is 32.1. The van der Waals surface area contributed by atoms with E-state index in [-0.39, 0.29) is 0 Å². The first-order valence-electron chi connectivity index (χ1n) is 8.85. The zero-order chi connectivity index (χ0) is 23.8. The fraction of sp³-hybridized carbons (Fsp3) is 0.588. The number of alkyl halides is 6. The van der Waals surface area contributed by atoms with E-state index in [1.165, 1.54) is 30.9 Å². The third-order valence-electron chi connectivity index (χ3n) is 4.48. The second-order valence-electron chi connectivity index (χ2n) is 6.50. The minimum absolute atomic E-state index is 0.749. The second kappa shape index (κ2) is 11.4. The molecular weight excluding hydrogens is 456 g/mol. The minimum Gasteiger partial charge on any atom is -0.475 e. The predicted molar refractivity (Wildman–Crippen MR) is 98.5 cm³/mol. The molecule has 14 heteroatoms. The summed E-state index contributed by atoms with van der Waals surface area (Å²) in [5, 5.41) is 17.6. The normalized spacial score (nSPS) is 21.4. The van der Waals surface area contributed by atoms with Crippen molar-refractivity contribution in [1.82, 2.24) is 14.8 Å². The van der Waals surface area contributed by atoms with E-state index >= 15 is 0 Å². The fourth-order valence-corrected chi connectivity index (χ4v) is 3.90. The molecule has 0 amide bonds. The Labute approximate surface area is 177 Å². The zero-order valence-electron chi connectivity index (χ0n) is 16.1. The van der Waals surface area contributed by atoms with Gasteiger partial charge in [-0.05, 0) is 12.8 Å². The van der Waals surface area contributed by atoms with Gasteiger partial charge in [-0.15, -0.1) is 17.9 Å². The molecule has 2 aliphatic heterocycles. The molecule has 2 atom stereocenters. The van der Waals surface area contributed by atoms with E-state index in [1.54, 1.807) is 11.3 Å². The van der Waals surface area contributed by atoms with Crippen LogP contribution in [-0.4, -0.2) is 81.0 Å². The lowest BCUT2D eigenvalue weighted by molar-refractivity contribution is -0.193. The molecule has 2 fully saturated rings. The van der Waals surface area contributed by atoms with Crippen molar-refractivity contribution in [3.63, 3.8) is 0 Å². The number of halogens is 6. The van der Waals surface area contributed by atoms with Crippen molar-refractivity contribution in [1.29, 1.82) is 0 Å². The van der Waals surface area contributed by atoms with Crippen LogP contribution in [0, 0.1) is 0 Å². The van der Waals surface area contributed by atoms with E-state index in [0.717, 1.165) is 25.2 Å². The van der Waals surface area contributed by atoms with Crippen LogP contribution in [0.1, 0.15) is 17.8 Å². The Morgan fingerprint density at radius 2 is 1.52 bits per heavy atom. The Morgan fingerprint density at radius 1 is 1.06 bits per heavy atom. The van der Waals surface area contributed by atoms with E-state index in [0.29, 0.717) is 0 Å². The Bertz CT molecular complexity index is 702. The van der Waals surface area contributed by atoms with Gasteiger partial charge in [-0.2, -0.15) is 26.3 Å². The van der Waals surface area contributed by atoms with Crippen LogP contribution in [0.2, 0.25) is 0 Å². The summed E-state index contributed by atoms with van der Waals surface area (Å²) in [4.78, 5) is 27.4. The average molecular weight is 477 g/mol. The summed E-state index contributed by atoms with van der Waals surface area (Å²) in [6.07, 6.45) is -3.61. The molecule has 0 aliphatic carbocycles. The maximum absolute atomic E-state index is 10.6. The monoisotopic (exact) mass is 477 g/mol. The quantitative estimate of drug-likeness (QED) is 0.508. The van der Waals surface area contributed by atoms with Crippen LogP contribution >= 0.6 is 11.3 Å². The standard InChI is InChI=1S/C13H19N3S.2C2HF3O2/c1-2-6-15-7-3-12-11(15)4-8-16(12)10-13-14-5-9-17-13;2*3-2(4,5)1(6)7/h2,5,9,11-12H,1,3-4,6-8,10H2;2*(H,6,7)/t11-,12+;;/m0../s1. The number of carboxylic acids is 2. The summed E-state index contributed by atoms with van der Waals surface area (Å²) in [5.41, 5.74) is 0. The number of carbonyl (C=O) groups is 2. The number of fused-ring (bicyclic) bond motifs is 1. The van der Waals surface area contributed by atoms with Gasteiger partial charge in [0.25, 0.3) is 0 Å². The Balaban J connectivity index is 0.000000288. The predicted octanol–water partition coefficient (Wildman–Crippen LogP) is 3.24. The van der Waals surface area contributed by atoms with Crippen LogP contribution in [0.25, 0.3) is 0 Å². The summed E-state index contributed by atoms with van der Waals surface area (Å²) < 4.78 is 63.5. The Hall–Kier alpha value is -2.19. The molecule has 31 heavy (non-hydrogen) atoms. The number of rotatable bonds is 4. The molecule has 2 N–H and O–H groups in total. The van der Waals surface area contributed by atoms with Gasteiger partial charge in [-0.1, -0.05) is 6.08 Å². The van der Waals surface area contributed by atoms with E-state index in [4.69, 9.17) is 19.8 Å². The van der Waals surface area contributed by atoms with Gasteiger partial charge in [0.05, 0.1) is 6.54 Å². The SMILES string of the molecule is C=CCN1CC[C@@H]2[C@@H]1CCN2Cc1nccs1.O=C(O)C(F)(F)F.O=C(O)C(F)(F)F. The number of carboxylic acid groups (broad SMARTS) is 2. The average Bonchev–Trinajstić information content (AvgIpc) is 3.36. The Morgan fingerprint density at radius 3 is 1.90 bits per heavy atom. The summed E-state index contributed by atoms with van der Waals surface area (Å²) in [5.74, 6) is -5.51. The van der Waals surface area contributed by atoms with E-state index < -0.39 is 24.3 Å². The molecule has 0 saturated carbocycles. The van der Waals surface area contributed by atoms with Gasteiger partial charge in [-0.3, -0.25) is 9.80 Å². The highest BCUT2D eigenvalue weighted by Gasteiger charge is 2.42. The van der Waals surface area contributed by atoms with Crippen molar-refractivity contribution in [3.05, 3.63) is 29.2 Å². The van der Waals surface area contributed by atoms with E-state index in [1.807, 2.05) is 12.3 Å². The van der Waals surface area contributed by atoms with Crippen LogP contribution in [0.4, 0.5) is 26.3 Å². The van der Waals surface area contributed by atoms with Crippen molar-refractivity contribution in [3.8, 4) is 0 Å². The van der Waals surface area contributed by atoms with E-state index in [2.05, 4.69) is 26.7 Å². The van der Waals surface area contributed by atoms with Crippen molar-refractivity contribution >= 4 is 23.3 Å². The zero-order valence-corrected chi connectivity index (χ0v) is 16.9. The number of aromatic nitrogens is 1. The minimum atomic E-state index is -5.08. The molecule has 0 unspecified atom stereocenters. The third-order valence-corrected chi connectivity index (χ3v) is 5.24. The summed E-state index contributed by atoms with van der Waals surface area (Å²) >= 11 is 1.77. The van der Waals surface area contributed by atoms with Gasteiger partial charge in [-0.25, -0.2) is 14.6 Å². The lowest BCUT2D eigenvalue weighted by Gasteiger charge is -2.24. The molecule has 7 nitrogen and oxygen atoms in total. The highest BCUT2D eigenvalue weighted by Crippen LogP contribution is 2.32. The maximum atomic E-state index is 10.6. The lowest BCUT2D eigenvalue weighted by atomic mass is 10.1. The molecule has 0 aromatic carbocycles. The Kier molecular flexibility index (Phi) is 9.90. The van der Waals surface area contributed by atoms with Crippen molar-refractivity contribution < 1.29 is 46.1 Å². The molecule has 2 saturated heterocycles. The van der Waals surface area contributed by atoms with Crippen LogP contribution in [0.5, 0.6) is 0 Å². The molecule has 3 rings (SSSR count). The first-order valence-corrected chi connectivity index (χ1v) is 9.73. The van der Waals surface area contributed by atoms with Crippen LogP contribution in [0.3, 0.4) is 0 Å². The van der Waals surface area contributed by atoms with Gasteiger partial charge in [0.2, 0.25) is 0 Å². The van der Waals surface area contributed by atoms with Gasteiger partial charge >= 0.3 is 24.3 Å². The van der Waals surface area contributed by atoms with Gasteiger partial charge in [0.15, 0.2) is 0 Å². The topological polar surface area (TPSA) is 94.0 Å². The molecule has 1 aromatic rings. The molecule has 1 aromatic heterocycles. The maximum Gasteiger partial charge on any atom is 0.490 e. The van der Waals surface area contributed by atoms with Gasteiger partial charge in [0, 0.05) is 43.3 Å². The number of nitrogens with zero attached hydrogens (tertiary/aromatic N) is 3. The molecule has 0 spiro atoms. The smallest absolute Gasteiger partial charge is 0.475 e. The first-order chi connectivity index (χ1) is 14.3. The highest BCUT2D eigenvalue weighted by molar-refractivity contribution is 7.09. The van der Waals surface area contributed by atoms with Crippen LogP contribution in [-0.2, 0) is 16.1 Å².